The Balaban J connectivity index is 0.000000257. The minimum absolute atomic E-state index is 1.00. The Morgan fingerprint density at radius 3 is 0.588 bits per heavy atom. The molecule has 10 aromatic rings. The van der Waals surface area contributed by atoms with Crippen molar-refractivity contribution in [2.24, 2.45) is 0 Å². The van der Waals surface area contributed by atoms with Gasteiger partial charge in [-0.3, -0.25) is 0 Å². The molecule has 0 bridgehead atoms. The molecule has 13 atom stereocenters. The zero-order valence-corrected chi connectivity index (χ0v) is 91.7. The molecule has 0 radical (unpaired) electrons. The Morgan fingerprint density at radius 1 is 0.168 bits per heavy atom. The lowest BCUT2D eigenvalue weighted by molar-refractivity contribution is 1.27. The van der Waals surface area contributed by atoms with Gasteiger partial charge in [0.2, 0.25) is 0 Å². The molecule has 119 heavy (non-hydrogen) atoms. The van der Waals surface area contributed by atoms with Crippen molar-refractivity contribution in [1.29, 1.82) is 0 Å². The number of hydrogen-bond acceptors (Lipinski definition) is 0. The summed E-state index contributed by atoms with van der Waals surface area (Å²) in [5, 5.41) is 0. The van der Waals surface area contributed by atoms with Crippen molar-refractivity contribution in [1.82, 2.24) is 0 Å². The smallest absolute Gasteiger partial charge is 0.00639 e. The maximum absolute atomic E-state index is 2.90. The van der Waals surface area contributed by atoms with Crippen molar-refractivity contribution in [3.05, 3.63) is 319 Å². The van der Waals surface area contributed by atoms with Gasteiger partial charge < -0.3 is 0 Å². The molecular weight excluding hydrogens is 1680 g/mol. The quantitative estimate of drug-likeness (QED) is 0.101. The van der Waals surface area contributed by atoms with Crippen LogP contribution < -0.4 is 0 Å². The molecule has 13 unspecified atom stereocenters. The first-order chi connectivity index (χ1) is 57.5. The van der Waals surface area contributed by atoms with E-state index >= 15 is 0 Å². The average Bonchev–Trinajstić information content (AvgIpc) is 1.47. The van der Waals surface area contributed by atoms with Crippen LogP contribution in [0.2, 0.25) is 0 Å². The highest BCUT2D eigenvalue weighted by molar-refractivity contribution is 7.17. The van der Waals surface area contributed by atoms with Crippen LogP contribution >= 0.6 is 120 Å². The molecule has 0 aliphatic heterocycles. The number of rotatable bonds is 13. The summed E-state index contributed by atoms with van der Waals surface area (Å²) in [6, 6.07) is 60.5. The first-order valence-corrected chi connectivity index (χ1v) is 54.1. The Hall–Kier alpha value is -3.51. The van der Waals surface area contributed by atoms with E-state index in [-0.39, 0.29) is 0 Å². The van der Waals surface area contributed by atoms with Gasteiger partial charge in [0.15, 0.2) is 0 Å². The van der Waals surface area contributed by atoms with Gasteiger partial charge in [-0.25, -0.2) is 0 Å². The molecule has 15 rings (SSSR count). The minimum Gasteiger partial charge on any atom is -0.133 e. The van der Waals surface area contributed by atoms with Gasteiger partial charge in [0, 0.05) is 0 Å². The molecule has 0 nitrogen and oxygen atoms in total. The largest absolute Gasteiger partial charge is 0.133 e. The molecule has 0 fully saturated rings. The summed E-state index contributed by atoms with van der Waals surface area (Å²) < 4.78 is 0. The zero-order chi connectivity index (χ0) is 89.0. The molecular formula is C106H147P13. The number of allylic oxidation sites excluding steroid dienone is 5. The fourth-order valence-electron chi connectivity index (χ4n) is 16.3. The summed E-state index contributed by atoms with van der Waals surface area (Å²) in [6.07, 6.45) is 13.1. The number of aryl methyl sites for hydroxylation is 1. The summed E-state index contributed by atoms with van der Waals surface area (Å²) in [5.74, 6) is 0. The number of hydrogen-bond donors (Lipinski definition) is 0. The maximum atomic E-state index is 2.90. The van der Waals surface area contributed by atoms with E-state index in [1.54, 1.807) is 0 Å². The van der Waals surface area contributed by atoms with E-state index in [1.165, 1.54) is 245 Å². The Labute approximate surface area is 756 Å². The van der Waals surface area contributed by atoms with Crippen LogP contribution in [0.25, 0.3) is 83.5 Å². The monoisotopic (exact) mass is 1820 g/mol. The van der Waals surface area contributed by atoms with Crippen molar-refractivity contribution in [3.63, 3.8) is 0 Å². The van der Waals surface area contributed by atoms with Crippen LogP contribution in [0.15, 0.2) is 186 Å². The lowest BCUT2D eigenvalue weighted by atomic mass is 9.94. The molecule has 0 aromatic heterocycles. The summed E-state index contributed by atoms with van der Waals surface area (Å²) >= 11 is 0. The van der Waals surface area contributed by atoms with E-state index in [9.17, 15) is 0 Å². The molecule has 0 saturated heterocycles. The van der Waals surface area contributed by atoms with Crippen LogP contribution in [0.5, 0.6) is 0 Å². The van der Waals surface area contributed by atoms with Gasteiger partial charge in [-0.1, -0.05) is 238 Å². The van der Waals surface area contributed by atoms with Crippen molar-refractivity contribution >= 4 is 148 Å². The van der Waals surface area contributed by atoms with E-state index in [0.29, 0.717) is 0 Å². The minimum atomic E-state index is 1.00. The fraction of sp³-hybridized carbons (Fsp3) is 0.340. The Morgan fingerprint density at radius 2 is 0.353 bits per heavy atom. The molecule has 0 N–H and O–H groups in total. The standard InChI is InChI=1S/C20H26P4.2C19H23P3.C18H20P2.C18H19P.6C2H6/c1-11(2)20-18-5-14(9-23)12(7-21)3-16(18)17-4-13(8-22)15(10-24)6-19(17)20;1-11(2)18-16-6-12(8-20)3-4-15(16)17-7-13(9-21)5-14(10-22)19(17)18;1-11(2)19-17-5-12(8-20)3-4-15(17)16-6-13(9-21)14(10-22)7-18(16)19;1-11(2)18-16-7-12(9-19)3-5-14(16)15-6-4-13(10-20)8-17(15)18;1-11(2)18-16-8-12(3)4-6-14(16)15-7-5-13(10-19)9-17(15)18;6*1-2/h3-6H,7-10,21-24H2,1-2H3;2*3-7H,8-10,20-22H2,1-2H3;3-8H,9-10,19-20H2,1-2H3;4-9H,10,19H2,1-3H3;6*1-2H3. The normalized spacial score (nSPS) is 11.4. The van der Waals surface area contributed by atoms with E-state index in [1.807, 2.05) is 83.1 Å². The highest BCUT2D eigenvalue weighted by Gasteiger charge is 2.32. The zero-order valence-electron chi connectivity index (χ0n) is 76.7. The van der Waals surface area contributed by atoms with Crippen LogP contribution in [-0.2, 0) is 80.1 Å². The highest BCUT2D eigenvalue weighted by atomic mass is 31.0. The lowest BCUT2D eigenvalue weighted by Gasteiger charge is -2.12. The van der Waals surface area contributed by atoms with Crippen LogP contribution in [0.1, 0.15) is 286 Å². The Bertz CT molecular complexity index is 5170. The van der Waals surface area contributed by atoms with Crippen LogP contribution in [0, 0.1) is 6.92 Å². The maximum Gasteiger partial charge on any atom is -0.00639 e. The second-order valence-electron chi connectivity index (χ2n) is 29.7. The van der Waals surface area contributed by atoms with Gasteiger partial charge in [-0.05, 0) is 404 Å². The molecule has 5 aliphatic carbocycles. The van der Waals surface area contributed by atoms with Crippen molar-refractivity contribution in [2.75, 3.05) is 0 Å². The number of fused-ring (bicyclic) bond motifs is 15. The topological polar surface area (TPSA) is 0 Å². The van der Waals surface area contributed by atoms with Crippen LogP contribution in [-0.4, -0.2) is 0 Å². The Kier molecular flexibility index (Phi) is 46.8. The summed E-state index contributed by atoms with van der Waals surface area (Å²) in [4.78, 5) is 0. The molecule has 0 saturated carbocycles. The molecule has 0 heterocycles. The predicted octanol–water partition coefficient (Wildman–Crippen LogP) is 33.9. The summed E-state index contributed by atoms with van der Waals surface area (Å²) in [5.41, 5.74) is 62.0. The molecule has 636 valence electrons. The van der Waals surface area contributed by atoms with E-state index in [4.69, 9.17) is 0 Å². The van der Waals surface area contributed by atoms with Gasteiger partial charge in [0.25, 0.3) is 0 Å². The first-order valence-electron chi connectivity index (χ1n) is 43.5. The average molecular weight is 1820 g/mol. The summed E-state index contributed by atoms with van der Waals surface area (Å²) in [6.45, 7) is 48.4. The molecule has 0 spiro atoms. The third kappa shape index (κ3) is 24.2. The van der Waals surface area contributed by atoms with Crippen molar-refractivity contribution in [3.8, 4) is 55.6 Å². The third-order valence-electron chi connectivity index (χ3n) is 21.5. The van der Waals surface area contributed by atoms with E-state index in [0.717, 1.165) is 80.1 Å². The van der Waals surface area contributed by atoms with Crippen LogP contribution in [0.4, 0.5) is 0 Å². The molecule has 13 heteroatoms. The SMILES string of the molecule is CC.CC.CC.CC.CC.CC.CC(C)=C1c2cc(C)ccc2-c2ccc(CP)cc21.CC(C)=C1c2cc(CP)c(CP)cc2-c2cc(CP)c(CP)cc21.CC(C)=C1c2cc(CP)ccc2-c2cc(CP)c(CP)cc21.CC(C)=C1c2cc(CP)ccc2-c2cc(CP)cc(CP)c21.CC(C)=C1c2cc(CP)ccc2-c2ccc(CP)cc21. The van der Waals surface area contributed by atoms with Gasteiger partial charge >= 0.3 is 0 Å². The van der Waals surface area contributed by atoms with Crippen molar-refractivity contribution < 1.29 is 0 Å². The second kappa shape index (κ2) is 52.6. The predicted molar refractivity (Wildman–Crippen MR) is 593 cm³/mol. The second-order valence-corrected chi connectivity index (χ2v) is 35.0. The van der Waals surface area contributed by atoms with Crippen molar-refractivity contribution in [2.45, 2.75) is 239 Å². The van der Waals surface area contributed by atoms with E-state index in [2.05, 4.69) is 354 Å². The lowest BCUT2D eigenvalue weighted by Crippen LogP contribution is -1.93. The van der Waals surface area contributed by atoms with Gasteiger partial charge in [0.05, 0.1) is 0 Å². The van der Waals surface area contributed by atoms with Gasteiger partial charge in [-0.2, -0.15) is 0 Å². The number of benzene rings is 10. The van der Waals surface area contributed by atoms with Gasteiger partial charge in [-0.15, -0.1) is 120 Å². The third-order valence-corrected chi connectivity index (χ3v) is 27.4. The fourth-order valence-corrected chi connectivity index (χ4v) is 20.4. The highest BCUT2D eigenvalue weighted by Crippen LogP contribution is 2.54. The van der Waals surface area contributed by atoms with Crippen LogP contribution in [0.3, 0.4) is 0 Å². The van der Waals surface area contributed by atoms with E-state index < -0.39 is 0 Å². The molecule has 0 amide bonds. The van der Waals surface area contributed by atoms with Gasteiger partial charge in [0.1, 0.15) is 0 Å². The molecule has 5 aliphatic rings. The summed E-state index contributed by atoms with van der Waals surface area (Å²) in [7, 11) is 37.1. The first kappa shape index (κ1) is 106. The molecule has 10 aromatic carbocycles.